The molecule has 0 heterocycles. The maximum Gasteiger partial charge on any atom is 0.338 e. The molecule has 2 heteroatoms. The van der Waals surface area contributed by atoms with Crippen LogP contribution >= 0.6 is 0 Å². The lowest BCUT2D eigenvalue weighted by molar-refractivity contribution is -0.0107. The Morgan fingerprint density at radius 2 is 1.95 bits per heavy atom. The summed E-state index contributed by atoms with van der Waals surface area (Å²) in [4.78, 5) is 12.4. The molecule has 1 aliphatic carbocycles. The van der Waals surface area contributed by atoms with Gasteiger partial charge in [0.2, 0.25) is 0 Å². The van der Waals surface area contributed by atoms with Gasteiger partial charge in [-0.3, -0.25) is 0 Å². The van der Waals surface area contributed by atoms with E-state index < -0.39 is 0 Å². The first-order valence-corrected chi connectivity index (χ1v) is 8.98. The van der Waals surface area contributed by atoms with Crippen molar-refractivity contribution in [2.24, 2.45) is 5.41 Å². The smallest absolute Gasteiger partial charge is 0.338 e. The van der Waals surface area contributed by atoms with E-state index in [9.17, 15) is 4.79 Å². The summed E-state index contributed by atoms with van der Waals surface area (Å²) in [7, 11) is 0. The van der Waals surface area contributed by atoms with Crippen molar-refractivity contribution in [1.82, 2.24) is 0 Å². The number of carbonyl (C=O) groups excluding carboxylic acids is 1. The van der Waals surface area contributed by atoms with Crippen LogP contribution < -0.4 is 0 Å². The van der Waals surface area contributed by atoms with Gasteiger partial charge in [-0.2, -0.15) is 0 Å². The van der Waals surface area contributed by atoms with Crippen LogP contribution in [0.5, 0.6) is 0 Å². The van der Waals surface area contributed by atoms with Crippen LogP contribution in [-0.4, -0.2) is 12.1 Å². The highest BCUT2D eigenvalue weighted by atomic mass is 16.5. The Morgan fingerprint density at radius 1 is 1.18 bits per heavy atom. The van der Waals surface area contributed by atoms with E-state index in [1.54, 1.807) is 0 Å². The number of unbranched alkanes of at least 4 members (excludes halogenated alkanes) is 3. The number of esters is 1. The summed E-state index contributed by atoms with van der Waals surface area (Å²) in [6, 6.07) is 9.39. The van der Waals surface area contributed by atoms with Crippen molar-refractivity contribution in [2.45, 2.75) is 77.7 Å². The van der Waals surface area contributed by atoms with Crippen LogP contribution in [0.1, 0.15) is 82.0 Å². The van der Waals surface area contributed by atoms with E-state index in [0.29, 0.717) is 5.56 Å². The molecule has 1 aliphatic rings. The normalized spacial score (nSPS) is 24.4. The van der Waals surface area contributed by atoms with Crippen molar-refractivity contribution in [1.29, 1.82) is 0 Å². The van der Waals surface area contributed by atoms with Crippen LogP contribution in [0, 0.1) is 5.41 Å². The molecule has 2 unspecified atom stereocenters. The van der Waals surface area contributed by atoms with E-state index in [0.717, 1.165) is 12.8 Å². The van der Waals surface area contributed by atoms with Gasteiger partial charge in [-0.15, -0.1) is 0 Å². The molecule has 0 radical (unpaired) electrons. The highest BCUT2D eigenvalue weighted by Crippen LogP contribution is 2.47. The van der Waals surface area contributed by atoms with Crippen molar-refractivity contribution in [3.05, 3.63) is 35.9 Å². The van der Waals surface area contributed by atoms with Crippen LogP contribution in [0.25, 0.3) is 0 Å². The third kappa shape index (κ3) is 4.12. The number of carbonyl (C=O) groups is 1. The second kappa shape index (κ2) is 8.36. The third-order valence-electron chi connectivity index (χ3n) is 5.32. The average molecular weight is 302 g/mol. The highest BCUT2D eigenvalue weighted by Gasteiger charge is 2.43. The van der Waals surface area contributed by atoms with Gasteiger partial charge < -0.3 is 4.74 Å². The van der Waals surface area contributed by atoms with Gasteiger partial charge in [0.15, 0.2) is 0 Å². The molecular formula is C20H30O2. The third-order valence-corrected chi connectivity index (χ3v) is 5.32. The molecular weight excluding hydrogens is 272 g/mol. The van der Waals surface area contributed by atoms with Crippen molar-refractivity contribution in [3.8, 4) is 0 Å². The Labute approximate surface area is 135 Å². The fourth-order valence-corrected chi connectivity index (χ4v) is 3.83. The molecule has 1 aromatic rings. The predicted octanol–water partition coefficient (Wildman–Crippen LogP) is 5.76. The molecule has 2 nitrogen and oxygen atoms in total. The van der Waals surface area contributed by atoms with E-state index >= 15 is 0 Å². The highest BCUT2D eigenvalue weighted by molar-refractivity contribution is 5.89. The van der Waals surface area contributed by atoms with Crippen LogP contribution in [0.15, 0.2) is 30.3 Å². The SMILES string of the molecule is CCCCCCC1(CC)CCCC1OC(=O)c1ccccc1. The lowest BCUT2D eigenvalue weighted by atomic mass is 9.76. The molecule has 0 bridgehead atoms. The topological polar surface area (TPSA) is 26.3 Å². The van der Waals surface area contributed by atoms with Gasteiger partial charge in [-0.05, 0) is 44.2 Å². The lowest BCUT2D eigenvalue weighted by Crippen LogP contribution is -2.33. The molecule has 1 fully saturated rings. The second-order valence-corrected chi connectivity index (χ2v) is 6.68. The molecule has 0 amide bonds. The Morgan fingerprint density at radius 3 is 2.64 bits per heavy atom. The van der Waals surface area contributed by atoms with Crippen LogP contribution in [0.3, 0.4) is 0 Å². The second-order valence-electron chi connectivity index (χ2n) is 6.68. The molecule has 0 aliphatic heterocycles. The van der Waals surface area contributed by atoms with Gasteiger partial charge in [-0.25, -0.2) is 4.79 Å². The van der Waals surface area contributed by atoms with Crippen molar-refractivity contribution < 1.29 is 9.53 Å². The lowest BCUT2D eigenvalue weighted by Gasteiger charge is -2.34. The van der Waals surface area contributed by atoms with Crippen molar-refractivity contribution in [2.75, 3.05) is 0 Å². The number of hydrogen-bond acceptors (Lipinski definition) is 2. The molecule has 2 rings (SSSR count). The van der Waals surface area contributed by atoms with Gasteiger partial charge in [-0.1, -0.05) is 57.7 Å². The van der Waals surface area contributed by atoms with E-state index in [1.165, 1.54) is 44.9 Å². The van der Waals surface area contributed by atoms with Gasteiger partial charge in [0.05, 0.1) is 5.56 Å². The average Bonchev–Trinajstić information content (AvgIpc) is 2.95. The largest absolute Gasteiger partial charge is 0.458 e. The Bertz CT molecular complexity index is 454. The zero-order valence-electron chi connectivity index (χ0n) is 14.1. The fraction of sp³-hybridized carbons (Fsp3) is 0.650. The van der Waals surface area contributed by atoms with Crippen molar-refractivity contribution >= 4 is 5.97 Å². The molecule has 0 spiro atoms. The van der Waals surface area contributed by atoms with Gasteiger partial charge in [0, 0.05) is 5.41 Å². The summed E-state index contributed by atoms with van der Waals surface area (Å²) in [6.45, 7) is 4.50. The van der Waals surface area contributed by atoms with Gasteiger partial charge >= 0.3 is 5.97 Å². The van der Waals surface area contributed by atoms with Crippen LogP contribution in [0.2, 0.25) is 0 Å². The first-order valence-electron chi connectivity index (χ1n) is 8.98. The molecule has 1 aromatic carbocycles. The predicted molar refractivity (Wildman–Crippen MR) is 91.0 cm³/mol. The fourth-order valence-electron chi connectivity index (χ4n) is 3.83. The minimum Gasteiger partial charge on any atom is -0.458 e. The minimum atomic E-state index is -0.154. The quantitative estimate of drug-likeness (QED) is 0.450. The molecule has 22 heavy (non-hydrogen) atoms. The maximum atomic E-state index is 12.4. The van der Waals surface area contributed by atoms with Crippen LogP contribution in [0.4, 0.5) is 0 Å². The summed E-state index contributed by atoms with van der Waals surface area (Å²) in [5.41, 5.74) is 0.892. The maximum absolute atomic E-state index is 12.4. The molecule has 1 saturated carbocycles. The Hall–Kier alpha value is -1.31. The van der Waals surface area contributed by atoms with Crippen LogP contribution in [-0.2, 0) is 4.74 Å². The summed E-state index contributed by atoms with van der Waals surface area (Å²) in [5, 5.41) is 0. The molecule has 0 saturated heterocycles. The van der Waals surface area contributed by atoms with E-state index in [4.69, 9.17) is 4.74 Å². The minimum absolute atomic E-state index is 0.104. The zero-order chi connectivity index (χ0) is 15.8. The Balaban J connectivity index is 1.97. The first-order chi connectivity index (χ1) is 10.7. The number of rotatable bonds is 8. The first kappa shape index (κ1) is 17.1. The summed E-state index contributed by atoms with van der Waals surface area (Å²) < 4.78 is 5.92. The summed E-state index contributed by atoms with van der Waals surface area (Å²) in [6.07, 6.45) is 11.0. The summed E-state index contributed by atoms with van der Waals surface area (Å²) >= 11 is 0. The Kier molecular flexibility index (Phi) is 6.48. The standard InChI is InChI=1S/C20H30O2/c1-3-5-6-10-15-20(4-2)16-11-14-18(20)22-19(21)17-12-8-7-9-13-17/h7-9,12-13,18H,3-6,10-11,14-16H2,1-2H3. The monoisotopic (exact) mass is 302 g/mol. The molecule has 2 atom stereocenters. The summed E-state index contributed by atoms with van der Waals surface area (Å²) in [5.74, 6) is -0.154. The number of ether oxygens (including phenoxy) is 1. The molecule has 0 aromatic heterocycles. The van der Waals surface area contributed by atoms with Gasteiger partial charge in [0.25, 0.3) is 0 Å². The number of hydrogen-bond donors (Lipinski definition) is 0. The molecule has 122 valence electrons. The molecule has 0 N–H and O–H groups in total. The van der Waals surface area contributed by atoms with E-state index in [-0.39, 0.29) is 17.5 Å². The number of benzene rings is 1. The van der Waals surface area contributed by atoms with E-state index in [2.05, 4.69) is 13.8 Å². The van der Waals surface area contributed by atoms with Gasteiger partial charge in [0.1, 0.15) is 6.10 Å². The zero-order valence-corrected chi connectivity index (χ0v) is 14.1. The van der Waals surface area contributed by atoms with E-state index in [1.807, 2.05) is 30.3 Å². The van der Waals surface area contributed by atoms with Crippen molar-refractivity contribution in [3.63, 3.8) is 0 Å².